The molecule has 0 unspecified atom stereocenters. The van der Waals surface area contributed by atoms with Crippen LogP contribution < -0.4 is 5.73 Å². The van der Waals surface area contributed by atoms with E-state index < -0.39 is 12.1 Å². The zero-order chi connectivity index (χ0) is 17.9. The van der Waals surface area contributed by atoms with Crippen LogP contribution in [0.3, 0.4) is 0 Å². The molecule has 0 radical (unpaired) electrons. The smallest absolute Gasteiger partial charge is 0.475 e. The van der Waals surface area contributed by atoms with Gasteiger partial charge in [0, 0.05) is 6.20 Å². The van der Waals surface area contributed by atoms with Gasteiger partial charge in [0.1, 0.15) is 23.8 Å². The van der Waals surface area contributed by atoms with E-state index in [1.165, 1.54) is 0 Å². The molecule has 3 N–H and O–H groups in total. The van der Waals surface area contributed by atoms with E-state index in [0.29, 0.717) is 18.1 Å². The zero-order valence-corrected chi connectivity index (χ0v) is 12.3. The summed E-state index contributed by atoms with van der Waals surface area (Å²) in [7, 11) is 0. The van der Waals surface area contributed by atoms with Gasteiger partial charge in [-0.2, -0.15) is 18.3 Å². The number of halogens is 3. The highest BCUT2D eigenvalue weighted by molar-refractivity contribution is 5.86. The molecular formula is C13H12F3N5O3. The Bertz CT molecular complexity index is 856. The minimum absolute atomic E-state index is 0.452. The number of carboxylic acids is 1. The van der Waals surface area contributed by atoms with Gasteiger partial charge in [-0.25, -0.2) is 9.78 Å². The molecule has 0 spiro atoms. The van der Waals surface area contributed by atoms with Gasteiger partial charge in [-0.05, 0) is 13.0 Å². The van der Waals surface area contributed by atoms with Gasteiger partial charge >= 0.3 is 12.1 Å². The fourth-order valence-corrected chi connectivity index (χ4v) is 1.77. The Labute approximate surface area is 132 Å². The molecule has 3 heterocycles. The van der Waals surface area contributed by atoms with Crippen molar-refractivity contribution in [3.63, 3.8) is 0 Å². The fraction of sp³-hybridized carbons (Fsp3) is 0.231. The fourth-order valence-electron chi connectivity index (χ4n) is 1.77. The third-order valence-corrected chi connectivity index (χ3v) is 2.76. The number of oxazole rings is 1. The van der Waals surface area contributed by atoms with Crippen molar-refractivity contribution >= 4 is 22.7 Å². The second-order valence-electron chi connectivity index (χ2n) is 4.62. The first-order valence-electron chi connectivity index (χ1n) is 6.45. The first-order chi connectivity index (χ1) is 11.2. The third-order valence-electron chi connectivity index (χ3n) is 2.76. The van der Waals surface area contributed by atoms with Crippen molar-refractivity contribution in [2.24, 2.45) is 0 Å². The van der Waals surface area contributed by atoms with E-state index in [-0.39, 0.29) is 0 Å². The normalized spacial score (nSPS) is 11.2. The van der Waals surface area contributed by atoms with E-state index in [2.05, 4.69) is 15.1 Å². The number of alkyl halides is 3. The maximum Gasteiger partial charge on any atom is 0.490 e. The lowest BCUT2D eigenvalue weighted by atomic mass is 10.3. The molecule has 0 saturated heterocycles. The van der Waals surface area contributed by atoms with Crippen LogP contribution in [0.5, 0.6) is 0 Å². The molecule has 8 nitrogen and oxygen atoms in total. The molecule has 0 fully saturated rings. The number of fused-ring (bicyclic) bond motifs is 1. The molecule has 11 heteroatoms. The molecule has 0 aromatic carbocycles. The molecule has 0 bridgehead atoms. The largest absolute Gasteiger partial charge is 0.490 e. The van der Waals surface area contributed by atoms with Crippen LogP contribution >= 0.6 is 0 Å². The average Bonchev–Trinajstić information content (AvgIpc) is 3.07. The zero-order valence-electron chi connectivity index (χ0n) is 12.3. The Kier molecular flexibility index (Phi) is 4.71. The van der Waals surface area contributed by atoms with Crippen molar-refractivity contribution in [1.82, 2.24) is 19.7 Å². The number of nitrogen functional groups attached to an aromatic ring is 1. The number of nitrogens with zero attached hydrogens (tertiary/aromatic N) is 4. The molecule has 0 amide bonds. The van der Waals surface area contributed by atoms with Gasteiger partial charge in [-0.3, -0.25) is 9.67 Å². The van der Waals surface area contributed by atoms with E-state index >= 15 is 0 Å². The molecular weight excluding hydrogens is 331 g/mol. The molecule has 24 heavy (non-hydrogen) atoms. The Hall–Kier alpha value is -3.11. The lowest BCUT2D eigenvalue weighted by Gasteiger charge is -2.01. The number of anilines is 1. The quantitative estimate of drug-likeness (QED) is 0.730. The Morgan fingerprint density at radius 1 is 1.46 bits per heavy atom. The van der Waals surface area contributed by atoms with Crippen LogP contribution in [0.15, 0.2) is 29.1 Å². The maximum atomic E-state index is 10.6. The summed E-state index contributed by atoms with van der Waals surface area (Å²) in [4.78, 5) is 17.3. The summed E-state index contributed by atoms with van der Waals surface area (Å²) in [5, 5.41) is 11.4. The molecule has 128 valence electrons. The number of hydrogen-bond donors (Lipinski definition) is 2. The van der Waals surface area contributed by atoms with Crippen LogP contribution in [-0.4, -0.2) is 37.0 Å². The van der Waals surface area contributed by atoms with Crippen LogP contribution in [0.25, 0.3) is 11.0 Å². The summed E-state index contributed by atoms with van der Waals surface area (Å²) in [6.45, 7) is 2.33. The van der Waals surface area contributed by atoms with Crippen molar-refractivity contribution in [2.45, 2.75) is 19.6 Å². The topological polar surface area (TPSA) is 120 Å². The summed E-state index contributed by atoms with van der Waals surface area (Å²) >= 11 is 0. The molecule has 0 aliphatic heterocycles. The number of carbonyl (C=O) groups is 1. The van der Waals surface area contributed by atoms with E-state index in [1.807, 2.05) is 6.92 Å². The van der Waals surface area contributed by atoms with Gasteiger partial charge in [-0.1, -0.05) is 0 Å². The lowest BCUT2D eigenvalue weighted by molar-refractivity contribution is -0.192. The highest BCUT2D eigenvalue weighted by Crippen LogP contribution is 2.19. The second kappa shape index (κ2) is 6.56. The first kappa shape index (κ1) is 17.2. The maximum absolute atomic E-state index is 10.6. The predicted octanol–water partition coefficient (Wildman–Crippen LogP) is 1.99. The van der Waals surface area contributed by atoms with Crippen LogP contribution in [0.1, 0.15) is 11.6 Å². The van der Waals surface area contributed by atoms with Crippen molar-refractivity contribution in [3.8, 4) is 0 Å². The average molecular weight is 343 g/mol. The Balaban J connectivity index is 0.000000256. The highest BCUT2D eigenvalue weighted by Gasteiger charge is 2.38. The van der Waals surface area contributed by atoms with E-state index in [9.17, 15) is 13.2 Å². The number of carboxylic acid groups (broad SMARTS) is 1. The predicted molar refractivity (Wildman–Crippen MR) is 76.0 cm³/mol. The second-order valence-corrected chi connectivity index (χ2v) is 4.62. The molecule has 3 rings (SSSR count). The summed E-state index contributed by atoms with van der Waals surface area (Å²) in [6, 6.07) is 1.75. The van der Waals surface area contributed by atoms with Crippen LogP contribution in [0.2, 0.25) is 0 Å². The third kappa shape index (κ3) is 4.00. The number of rotatable bonds is 2. The van der Waals surface area contributed by atoms with Gasteiger partial charge in [0.2, 0.25) is 5.89 Å². The number of aryl methyl sites for hydroxylation is 1. The molecule has 3 aromatic heterocycles. The van der Waals surface area contributed by atoms with E-state index in [1.54, 1.807) is 29.4 Å². The number of aromatic nitrogens is 4. The SMILES string of the molecule is Cc1coc(Cn2ncc3nccc(N)c32)n1.O=C(O)C(F)(F)F. The number of pyridine rings is 1. The number of nitrogens with two attached hydrogens (primary N) is 1. The van der Waals surface area contributed by atoms with Crippen molar-refractivity contribution in [1.29, 1.82) is 0 Å². The Morgan fingerprint density at radius 3 is 2.67 bits per heavy atom. The van der Waals surface area contributed by atoms with Gasteiger partial charge in [0.25, 0.3) is 0 Å². The summed E-state index contributed by atoms with van der Waals surface area (Å²) in [6.07, 6.45) is -0.122. The lowest BCUT2D eigenvalue weighted by Crippen LogP contribution is -2.21. The van der Waals surface area contributed by atoms with Crippen molar-refractivity contribution < 1.29 is 27.5 Å². The molecule has 0 atom stereocenters. The van der Waals surface area contributed by atoms with Gasteiger partial charge in [0.05, 0.1) is 17.6 Å². The summed E-state index contributed by atoms with van der Waals surface area (Å²) in [5.41, 5.74) is 8.99. The van der Waals surface area contributed by atoms with Gasteiger partial charge in [-0.15, -0.1) is 0 Å². The first-order valence-corrected chi connectivity index (χ1v) is 6.45. The minimum atomic E-state index is -5.08. The van der Waals surface area contributed by atoms with Gasteiger partial charge in [0.15, 0.2) is 0 Å². The van der Waals surface area contributed by atoms with Crippen LogP contribution in [0, 0.1) is 6.92 Å². The standard InChI is InChI=1S/C11H11N5O.C2HF3O2/c1-7-6-17-10(15-7)5-16-11-8(12)2-3-13-9(11)4-14-16;3-2(4,5)1(6)7/h2-4,6H,5H2,1H3,(H2,12,13);(H,6,7). The van der Waals surface area contributed by atoms with Crippen LogP contribution in [-0.2, 0) is 11.3 Å². The summed E-state index contributed by atoms with van der Waals surface area (Å²) in [5.74, 6) is -2.15. The van der Waals surface area contributed by atoms with E-state index in [4.69, 9.17) is 20.1 Å². The molecule has 0 saturated carbocycles. The highest BCUT2D eigenvalue weighted by atomic mass is 19.4. The van der Waals surface area contributed by atoms with Crippen LogP contribution in [0.4, 0.5) is 18.9 Å². The summed E-state index contributed by atoms with van der Waals surface area (Å²) < 4.78 is 38.8. The van der Waals surface area contributed by atoms with Crippen molar-refractivity contribution in [2.75, 3.05) is 5.73 Å². The number of hydrogen-bond acceptors (Lipinski definition) is 6. The molecule has 0 aliphatic rings. The van der Waals surface area contributed by atoms with Crippen molar-refractivity contribution in [3.05, 3.63) is 36.3 Å². The number of aliphatic carboxylic acids is 1. The monoisotopic (exact) mass is 343 g/mol. The molecule has 3 aromatic rings. The minimum Gasteiger partial charge on any atom is -0.475 e. The molecule has 0 aliphatic carbocycles. The Morgan fingerprint density at radius 2 is 2.12 bits per heavy atom. The van der Waals surface area contributed by atoms with E-state index in [0.717, 1.165) is 16.7 Å². The van der Waals surface area contributed by atoms with Gasteiger partial charge < -0.3 is 15.3 Å².